The van der Waals surface area contributed by atoms with Gasteiger partial charge in [0.2, 0.25) is 10.0 Å². The number of benzene rings is 4. The number of rotatable bonds is 9. The summed E-state index contributed by atoms with van der Waals surface area (Å²) in [5.74, 6) is -0.741. The molecule has 2 N–H and O–H groups in total. The molecule has 0 amide bonds. The molecule has 0 radical (unpaired) electrons. The van der Waals surface area contributed by atoms with E-state index in [-0.39, 0.29) is 51.7 Å². The summed E-state index contributed by atoms with van der Waals surface area (Å²) >= 11 is 6.82. The molecule has 0 bridgehead atoms. The Labute approximate surface area is 299 Å². The molecule has 0 aliphatic heterocycles. The first-order chi connectivity index (χ1) is 24.0. The lowest BCUT2D eigenvalue weighted by atomic mass is 9.86. The van der Waals surface area contributed by atoms with E-state index in [1.54, 1.807) is 49.5 Å². The van der Waals surface area contributed by atoms with Gasteiger partial charge in [0.05, 0.1) is 58.5 Å². The molecule has 0 aliphatic carbocycles. The standard InChI is InChI=1S/C37H37ClF2N6O4S/c1-37(2,3)23-9-12-27-30(18-23)42-34(29(41)17-22-15-24(39)19-25(40)16-22)46(36(27)47)31-14-13-28(38)32-33(31)44(4)43-35(32)45(51(6,48)49)20-21-7-10-26(50-5)11-8-21/h7-16,18-19,29H,17,20,41H2,1-6H3. The van der Waals surface area contributed by atoms with Gasteiger partial charge in [-0.05, 0) is 77.1 Å². The highest BCUT2D eigenvalue weighted by atomic mass is 35.5. The molecule has 51 heavy (non-hydrogen) atoms. The Balaban J connectivity index is 1.60. The SMILES string of the molecule is COc1ccc(CN(c2nn(C)c3c(-n4c(C(N)Cc5cc(F)cc(F)c5)nc5cc(C(C)(C)C)ccc5c4=O)ccc(Cl)c23)S(C)(=O)=O)cc1. The monoisotopic (exact) mass is 734 g/mol. The zero-order valence-electron chi connectivity index (χ0n) is 28.9. The molecule has 10 nitrogen and oxygen atoms in total. The Morgan fingerprint density at radius 3 is 2.25 bits per heavy atom. The van der Waals surface area contributed by atoms with Crippen molar-refractivity contribution in [3.8, 4) is 11.4 Å². The number of aryl methyl sites for hydroxylation is 1. The third-order valence-electron chi connectivity index (χ3n) is 8.73. The van der Waals surface area contributed by atoms with Crippen LogP contribution in [0, 0.1) is 11.6 Å². The van der Waals surface area contributed by atoms with Crippen molar-refractivity contribution in [2.75, 3.05) is 17.7 Å². The molecule has 2 heterocycles. The normalized spacial score (nSPS) is 12.8. The summed E-state index contributed by atoms with van der Waals surface area (Å²) in [6, 6.07) is 17.6. The van der Waals surface area contributed by atoms with Crippen molar-refractivity contribution in [1.82, 2.24) is 19.3 Å². The highest BCUT2D eigenvalue weighted by Gasteiger charge is 2.29. The first-order valence-electron chi connectivity index (χ1n) is 16.0. The molecule has 0 saturated heterocycles. The molecule has 0 spiro atoms. The fraction of sp³-hybridized carbons (Fsp3) is 0.270. The van der Waals surface area contributed by atoms with Gasteiger partial charge in [0, 0.05) is 13.1 Å². The van der Waals surface area contributed by atoms with Crippen LogP contribution in [-0.4, -0.2) is 41.1 Å². The molecule has 6 aromatic rings. The minimum absolute atomic E-state index is 0.0513. The third kappa shape index (κ3) is 7.06. The number of fused-ring (bicyclic) bond motifs is 2. The summed E-state index contributed by atoms with van der Waals surface area (Å²) in [6.45, 7) is 6.06. The number of methoxy groups -OCH3 is 1. The van der Waals surface area contributed by atoms with Gasteiger partial charge in [-0.3, -0.25) is 14.0 Å². The van der Waals surface area contributed by atoms with Crippen LogP contribution < -0.4 is 20.3 Å². The summed E-state index contributed by atoms with van der Waals surface area (Å²) in [5, 5.41) is 5.40. The first kappa shape index (κ1) is 36.0. The van der Waals surface area contributed by atoms with Gasteiger partial charge >= 0.3 is 0 Å². The van der Waals surface area contributed by atoms with Crippen LogP contribution in [0.4, 0.5) is 14.6 Å². The van der Waals surface area contributed by atoms with Crippen molar-refractivity contribution in [2.24, 2.45) is 12.8 Å². The Hall–Kier alpha value is -4.85. The Kier molecular flexibility index (Phi) is 9.42. The van der Waals surface area contributed by atoms with E-state index >= 15 is 0 Å². The van der Waals surface area contributed by atoms with Gasteiger partial charge in [-0.2, -0.15) is 5.10 Å². The van der Waals surface area contributed by atoms with Crippen LogP contribution >= 0.6 is 11.6 Å². The third-order valence-corrected chi connectivity index (χ3v) is 10.1. The molecular weight excluding hydrogens is 698 g/mol. The van der Waals surface area contributed by atoms with Crippen LogP contribution in [0.2, 0.25) is 5.02 Å². The second-order valence-electron chi connectivity index (χ2n) is 13.5. The zero-order chi connectivity index (χ0) is 37.0. The van der Waals surface area contributed by atoms with Gasteiger partial charge in [0.15, 0.2) is 5.82 Å². The van der Waals surface area contributed by atoms with Crippen LogP contribution in [-0.2, 0) is 35.5 Å². The van der Waals surface area contributed by atoms with E-state index in [1.165, 1.54) is 28.5 Å². The lowest BCUT2D eigenvalue weighted by Gasteiger charge is -2.22. The highest BCUT2D eigenvalue weighted by molar-refractivity contribution is 7.92. The number of hydrogen-bond donors (Lipinski definition) is 1. The van der Waals surface area contributed by atoms with Crippen LogP contribution in [0.15, 0.2) is 77.6 Å². The maximum absolute atomic E-state index is 14.6. The van der Waals surface area contributed by atoms with Crippen LogP contribution in [0.25, 0.3) is 27.5 Å². The Morgan fingerprint density at radius 1 is 0.980 bits per heavy atom. The van der Waals surface area contributed by atoms with E-state index in [9.17, 15) is 22.0 Å². The Morgan fingerprint density at radius 2 is 1.65 bits per heavy atom. The van der Waals surface area contributed by atoms with Gasteiger partial charge < -0.3 is 10.5 Å². The number of nitrogens with two attached hydrogens (primary N) is 1. The van der Waals surface area contributed by atoms with E-state index in [4.69, 9.17) is 27.1 Å². The molecular formula is C37H37ClF2N6O4S. The van der Waals surface area contributed by atoms with E-state index in [0.29, 0.717) is 27.7 Å². The zero-order valence-corrected chi connectivity index (χ0v) is 30.5. The molecule has 1 unspecified atom stereocenters. The van der Waals surface area contributed by atoms with Crippen molar-refractivity contribution in [1.29, 1.82) is 0 Å². The van der Waals surface area contributed by atoms with E-state index < -0.39 is 33.3 Å². The molecule has 6 rings (SSSR count). The molecule has 1 atom stereocenters. The van der Waals surface area contributed by atoms with Crippen molar-refractivity contribution < 1.29 is 21.9 Å². The van der Waals surface area contributed by atoms with Crippen molar-refractivity contribution in [2.45, 2.75) is 45.2 Å². The van der Waals surface area contributed by atoms with Crippen LogP contribution in [0.3, 0.4) is 0 Å². The maximum atomic E-state index is 14.6. The fourth-order valence-corrected chi connectivity index (χ4v) is 7.23. The second-order valence-corrected chi connectivity index (χ2v) is 15.8. The number of nitrogens with zero attached hydrogens (tertiary/aromatic N) is 5. The number of sulfonamides is 1. The number of hydrogen-bond acceptors (Lipinski definition) is 7. The topological polar surface area (TPSA) is 125 Å². The first-order valence-corrected chi connectivity index (χ1v) is 18.2. The minimum atomic E-state index is -3.92. The predicted molar refractivity (Wildman–Crippen MR) is 196 cm³/mol. The average Bonchev–Trinajstić information content (AvgIpc) is 3.40. The molecule has 2 aromatic heterocycles. The molecule has 0 saturated carbocycles. The van der Waals surface area contributed by atoms with Gasteiger partial charge in [0.25, 0.3) is 5.56 Å². The minimum Gasteiger partial charge on any atom is -0.497 e. The van der Waals surface area contributed by atoms with Gasteiger partial charge in [-0.15, -0.1) is 0 Å². The summed E-state index contributed by atoms with van der Waals surface area (Å²) in [6.07, 6.45) is 1.02. The quantitative estimate of drug-likeness (QED) is 0.175. The largest absolute Gasteiger partial charge is 0.497 e. The highest BCUT2D eigenvalue weighted by Crippen LogP contribution is 2.38. The van der Waals surface area contributed by atoms with Crippen molar-refractivity contribution >= 4 is 49.2 Å². The number of anilines is 1. The molecule has 0 aliphatic rings. The molecule has 0 fully saturated rings. The lowest BCUT2D eigenvalue weighted by molar-refractivity contribution is 0.414. The average molecular weight is 735 g/mol. The lowest BCUT2D eigenvalue weighted by Crippen LogP contribution is -2.30. The number of aromatic nitrogens is 4. The van der Waals surface area contributed by atoms with Crippen LogP contribution in [0.5, 0.6) is 5.75 Å². The summed E-state index contributed by atoms with van der Waals surface area (Å²) in [5.41, 5.74) is 8.95. The van der Waals surface area contributed by atoms with E-state index in [1.807, 2.05) is 32.9 Å². The molecule has 14 heteroatoms. The second kappa shape index (κ2) is 13.4. The Bertz CT molecular complexity index is 2460. The van der Waals surface area contributed by atoms with Gasteiger partial charge in [-0.1, -0.05) is 50.6 Å². The van der Waals surface area contributed by atoms with Crippen molar-refractivity contribution in [3.63, 3.8) is 0 Å². The van der Waals surface area contributed by atoms with Gasteiger partial charge in [-0.25, -0.2) is 26.5 Å². The van der Waals surface area contributed by atoms with E-state index in [0.717, 1.165) is 22.2 Å². The summed E-state index contributed by atoms with van der Waals surface area (Å²) < 4.78 is 64.2. The maximum Gasteiger partial charge on any atom is 0.266 e. The summed E-state index contributed by atoms with van der Waals surface area (Å²) in [4.78, 5) is 19.5. The molecule has 266 valence electrons. The fourth-order valence-electron chi connectivity index (χ4n) is 6.16. The van der Waals surface area contributed by atoms with Crippen molar-refractivity contribution in [3.05, 3.63) is 122 Å². The van der Waals surface area contributed by atoms with Crippen LogP contribution in [0.1, 0.15) is 49.3 Å². The predicted octanol–water partition coefficient (Wildman–Crippen LogP) is 6.72. The smallest absolute Gasteiger partial charge is 0.266 e. The number of halogens is 3. The summed E-state index contributed by atoms with van der Waals surface area (Å²) in [7, 11) is -0.762. The molecule has 4 aromatic carbocycles. The van der Waals surface area contributed by atoms with Gasteiger partial charge in [0.1, 0.15) is 23.2 Å². The number of ether oxygens (including phenoxy) is 1. The van der Waals surface area contributed by atoms with E-state index in [2.05, 4.69) is 5.10 Å².